The number of hydrogen-bond donors (Lipinski definition) is 2. The fourth-order valence-electron chi connectivity index (χ4n) is 2.20. The van der Waals surface area contributed by atoms with E-state index < -0.39 is 9.84 Å². The van der Waals surface area contributed by atoms with E-state index in [0.29, 0.717) is 13.0 Å². The van der Waals surface area contributed by atoms with Crippen LogP contribution in [0.3, 0.4) is 0 Å². The van der Waals surface area contributed by atoms with Gasteiger partial charge in [0.15, 0.2) is 0 Å². The average Bonchev–Trinajstić information content (AvgIpc) is 2.92. The lowest BCUT2D eigenvalue weighted by atomic mass is 10.1. The largest absolute Gasteiger partial charge is 0.355 e. The van der Waals surface area contributed by atoms with Crippen LogP contribution in [0.5, 0.6) is 0 Å². The lowest BCUT2D eigenvalue weighted by molar-refractivity contribution is -0.122. The van der Waals surface area contributed by atoms with Crippen LogP contribution >= 0.6 is 12.4 Å². The van der Waals surface area contributed by atoms with Gasteiger partial charge in [-0.05, 0) is 31.7 Å². The van der Waals surface area contributed by atoms with Crippen LogP contribution in [0.1, 0.15) is 33.1 Å². The van der Waals surface area contributed by atoms with Gasteiger partial charge in [0.2, 0.25) is 5.91 Å². The predicted molar refractivity (Wildman–Crippen MR) is 79.4 cm³/mol. The second-order valence-corrected chi connectivity index (χ2v) is 7.65. The highest BCUT2D eigenvalue weighted by Gasteiger charge is 2.46. The van der Waals surface area contributed by atoms with Gasteiger partial charge in [0.05, 0.1) is 5.75 Å². The van der Waals surface area contributed by atoms with E-state index in [9.17, 15) is 13.2 Å². The molecule has 1 aliphatic rings. The zero-order valence-corrected chi connectivity index (χ0v) is 13.5. The van der Waals surface area contributed by atoms with Crippen molar-refractivity contribution in [1.29, 1.82) is 0 Å². The number of carbonyl (C=O) groups is 1. The summed E-state index contributed by atoms with van der Waals surface area (Å²) in [7, 11) is -3.00. The summed E-state index contributed by atoms with van der Waals surface area (Å²) in [6.45, 7) is 5.48. The first-order chi connectivity index (χ1) is 8.26. The number of sulfone groups is 1. The van der Waals surface area contributed by atoms with Crippen LogP contribution < -0.4 is 10.6 Å². The molecule has 1 rings (SSSR count). The van der Waals surface area contributed by atoms with Crippen molar-refractivity contribution in [1.82, 2.24) is 10.6 Å². The van der Waals surface area contributed by atoms with Gasteiger partial charge in [-0.25, -0.2) is 8.42 Å². The van der Waals surface area contributed by atoms with E-state index in [0.717, 1.165) is 19.4 Å². The first-order valence-electron chi connectivity index (χ1n) is 6.44. The summed E-state index contributed by atoms with van der Waals surface area (Å²) in [6, 6.07) is 0.240. The second-order valence-electron chi connectivity index (χ2n) is 5.51. The van der Waals surface area contributed by atoms with E-state index in [1.165, 1.54) is 6.26 Å². The zero-order valence-electron chi connectivity index (χ0n) is 11.9. The molecule has 1 atom stereocenters. The number of likely N-dealkylation sites (N-methyl/N-ethyl adjacent to an activating group) is 1. The molecule has 0 radical (unpaired) electrons. The Balaban J connectivity index is 0.00000324. The summed E-state index contributed by atoms with van der Waals surface area (Å²) in [5.41, 5.74) is -0.279. The van der Waals surface area contributed by atoms with Crippen LogP contribution in [0.2, 0.25) is 0 Å². The third-order valence-corrected chi connectivity index (χ3v) is 4.36. The van der Waals surface area contributed by atoms with Gasteiger partial charge in [-0.3, -0.25) is 4.79 Å². The van der Waals surface area contributed by atoms with Gasteiger partial charge in [-0.1, -0.05) is 6.92 Å². The minimum Gasteiger partial charge on any atom is -0.355 e. The van der Waals surface area contributed by atoms with Crippen molar-refractivity contribution >= 4 is 28.2 Å². The number of nitrogens with one attached hydrogen (secondary N) is 2. The lowest BCUT2D eigenvalue weighted by Gasteiger charge is -2.16. The molecule has 1 amide bonds. The van der Waals surface area contributed by atoms with E-state index >= 15 is 0 Å². The van der Waals surface area contributed by atoms with Gasteiger partial charge >= 0.3 is 0 Å². The highest BCUT2D eigenvalue weighted by Crippen LogP contribution is 2.49. The topological polar surface area (TPSA) is 75.3 Å². The van der Waals surface area contributed by atoms with E-state index in [1.54, 1.807) is 0 Å². The molecule has 1 aliphatic carbocycles. The minimum atomic E-state index is -3.00. The average molecular weight is 313 g/mol. The van der Waals surface area contributed by atoms with Crippen molar-refractivity contribution in [2.45, 2.75) is 39.2 Å². The Morgan fingerprint density at radius 1 is 1.37 bits per heavy atom. The fraction of sp³-hybridized carbons (Fsp3) is 0.917. The summed E-state index contributed by atoms with van der Waals surface area (Å²) in [6.07, 6.45) is 3.25. The van der Waals surface area contributed by atoms with Crippen LogP contribution in [-0.4, -0.2) is 45.5 Å². The molecule has 0 heterocycles. The Kier molecular flexibility index (Phi) is 7.32. The van der Waals surface area contributed by atoms with Gasteiger partial charge in [0.1, 0.15) is 9.84 Å². The first kappa shape index (κ1) is 18.7. The van der Waals surface area contributed by atoms with Crippen molar-refractivity contribution in [3.63, 3.8) is 0 Å². The molecule has 0 aromatic heterocycles. The summed E-state index contributed by atoms with van der Waals surface area (Å²) in [4.78, 5) is 11.8. The molecule has 0 aromatic carbocycles. The molecule has 5 nitrogen and oxygen atoms in total. The lowest BCUT2D eigenvalue weighted by Crippen LogP contribution is -2.39. The van der Waals surface area contributed by atoms with Crippen molar-refractivity contribution in [3.8, 4) is 0 Å². The maximum atomic E-state index is 11.8. The molecule has 1 saturated carbocycles. The smallest absolute Gasteiger partial charge is 0.220 e. The monoisotopic (exact) mass is 312 g/mol. The van der Waals surface area contributed by atoms with Crippen molar-refractivity contribution in [3.05, 3.63) is 0 Å². The maximum absolute atomic E-state index is 11.8. The van der Waals surface area contributed by atoms with E-state index in [2.05, 4.69) is 10.6 Å². The number of hydrogen-bond acceptors (Lipinski definition) is 4. The SMILES string of the molecule is CCN[C@H](C)CNC(=O)CC1(CS(C)(=O)=O)CC1.Cl. The van der Waals surface area contributed by atoms with Crippen LogP contribution in [0.25, 0.3) is 0 Å². The quantitative estimate of drug-likeness (QED) is 0.693. The minimum absolute atomic E-state index is 0. The van der Waals surface area contributed by atoms with Crippen LogP contribution in [0.4, 0.5) is 0 Å². The van der Waals surface area contributed by atoms with Gasteiger partial charge in [-0.15, -0.1) is 12.4 Å². The molecule has 114 valence electrons. The third-order valence-electron chi connectivity index (χ3n) is 3.22. The Morgan fingerprint density at radius 3 is 2.37 bits per heavy atom. The summed E-state index contributed by atoms with van der Waals surface area (Å²) in [5.74, 6) is 0.0943. The van der Waals surface area contributed by atoms with Gasteiger partial charge in [0, 0.05) is 25.3 Å². The number of amides is 1. The van der Waals surface area contributed by atoms with Crippen molar-refractivity contribution in [2.24, 2.45) is 5.41 Å². The highest BCUT2D eigenvalue weighted by molar-refractivity contribution is 7.90. The van der Waals surface area contributed by atoms with Crippen LogP contribution in [0.15, 0.2) is 0 Å². The summed E-state index contributed by atoms with van der Waals surface area (Å²) < 4.78 is 22.6. The Labute approximate surface area is 122 Å². The zero-order chi connectivity index (χ0) is 13.8. The van der Waals surface area contributed by atoms with Crippen molar-refractivity contribution < 1.29 is 13.2 Å². The van der Waals surface area contributed by atoms with Gasteiger partial charge in [-0.2, -0.15) is 0 Å². The fourth-order valence-corrected chi connectivity index (χ4v) is 3.70. The molecule has 0 bridgehead atoms. The normalized spacial score (nSPS) is 18.3. The number of carbonyl (C=O) groups excluding carboxylic acids is 1. The molecule has 0 spiro atoms. The standard InChI is InChI=1S/C12H24N2O3S.ClH/c1-4-13-10(2)8-14-11(15)7-12(5-6-12)9-18(3,16)17;/h10,13H,4-9H2,1-3H3,(H,14,15);1H/t10-;/m1./s1. The van der Waals surface area contributed by atoms with E-state index in [1.807, 2.05) is 13.8 Å². The molecule has 19 heavy (non-hydrogen) atoms. The van der Waals surface area contributed by atoms with Gasteiger partial charge in [0.25, 0.3) is 0 Å². The molecule has 0 aromatic rings. The van der Waals surface area contributed by atoms with E-state index in [4.69, 9.17) is 0 Å². The molecular formula is C12H25ClN2O3S. The molecule has 2 N–H and O–H groups in total. The molecular weight excluding hydrogens is 288 g/mol. The third kappa shape index (κ3) is 7.74. The first-order valence-corrected chi connectivity index (χ1v) is 8.50. The van der Waals surface area contributed by atoms with Crippen LogP contribution in [0, 0.1) is 5.41 Å². The molecule has 1 fully saturated rings. The molecule has 7 heteroatoms. The Hall–Kier alpha value is -0.330. The second kappa shape index (κ2) is 7.45. The molecule has 0 saturated heterocycles. The van der Waals surface area contributed by atoms with E-state index in [-0.39, 0.29) is 35.5 Å². The predicted octanol–water partition coefficient (Wildman–Crippen LogP) is 0.737. The number of halogens is 1. The summed E-state index contributed by atoms with van der Waals surface area (Å²) >= 11 is 0. The van der Waals surface area contributed by atoms with Crippen molar-refractivity contribution in [2.75, 3.05) is 25.1 Å². The Bertz CT molecular complexity index is 394. The number of rotatable bonds is 8. The summed E-state index contributed by atoms with van der Waals surface area (Å²) in [5, 5.41) is 6.06. The van der Waals surface area contributed by atoms with Crippen LogP contribution in [-0.2, 0) is 14.6 Å². The maximum Gasteiger partial charge on any atom is 0.220 e. The Morgan fingerprint density at radius 2 is 1.95 bits per heavy atom. The highest BCUT2D eigenvalue weighted by atomic mass is 35.5. The molecule has 0 unspecified atom stereocenters. The van der Waals surface area contributed by atoms with Gasteiger partial charge < -0.3 is 10.6 Å². The molecule has 0 aliphatic heterocycles.